The number of anilines is 1. The first kappa shape index (κ1) is 15.2. The lowest BCUT2D eigenvalue weighted by molar-refractivity contribution is -0.0716. The number of carbonyl (C=O) groups is 1. The second kappa shape index (κ2) is 5.73. The lowest BCUT2D eigenvalue weighted by Gasteiger charge is -2.21. The maximum atomic E-state index is 12.6. The van der Waals surface area contributed by atoms with E-state index in [1.807, 2.05) is 48.5 Å². The summed E-state index contributed by atoms with van der Waals surface area (Å²) < 4.78 is 12.1. The Morgan fingerprint density at radius 3 is 2.65 bits per heavy atom. The monoisotopic (exact) mass is 346 g/mol. The molecule has 1 aromatic heterocycles. The molecule has 1 fully saturated rings. The summed E-state index contributed by atoms with van der Waals surface area (Å²) in [5, 5.41) is 3.90. The minimum absolute atomic E-state index is 0.245. The van der Waals surface area contributed by atoms with Gasteiger partial charge in [-0.1, -0.05) is 24.3 Å². The van der Waals surface area contributed by atoms with Gasteiger partial charge in [0.1, 0.15) is 5.69 Å². The number of pyridine rings is 1. The lowest BCUT2D eigenvalue weighted by Crippen LogP contribution is -2.34. The van der Waals surface area contributed by atoms with Gasteiger partial charge in [-0.05, 0) is 37.1 Å². The number of ether oxygens (including phenoxy) is 2. The fraction of sp³-hybridized carbons (Fsp3) is 0.238. The van der Waals surface area contributed by atoms with Crippen LogP contribution in [0.5, 0.6) is 11.5 Å². The number of benzene rings is 2. The smallest absolute Gasteiger partial charge is 0.274 e. The van der Waals surface area contributed by atoms with Gasteiger partial charge in [-0.3, -0.25) is 4.79 Å². The maximum Gasteiger partial charge on any atom is 0.274 e. The van der Waals surface area contributed by atoms with E-state index in [0.717, 1.165) is 42.3 Å². The number of amides is 1. The van der Waals surface area contributed by atoms with Crippen LogP contribution in [0, 0.1) is 0 Å². The highest BCUT2D eigenvalue weighted by Gasteiger charge is 2.44. The van der Waals surface area contributed by atoms with Crippen LogP contribution < -0.4 is 14.8 Å². The van der Waals surface area contributed by atoms with E-state index in [9.17, 15) is 4.79 Å². The molecule has 1 aliphatic heterocycles. The molecular weight excluding hydrogens is 328 g/mol. The summed E-state index contributed by atoms with van der Waals surface area (Å²) in [5.74, 6) is 0.695. The minimum atomic E-state index is -0.495. The van der Waals surface area contributed by atoms with Gasteiger partial charge in [0.05, 0.1) is 5.52 Å². The van der Waals surface area contributed by atoms with Crippen LogP contribution in [0.3, 0.4) is 0 Å². The molecule has 0 bridgehead atoms. The standard InChI is InChI=1S/C21H18N2O3/c24-20(17-9-7-14-5-1-2-6-16(14)23-17)22-15-8-10-18-19(13-15)26-21(25-18)11-3-4-12-21/h1-2,5-10,13H,3-4,11-12H2,(H,22,24). The molecule has 1 aliphatic carbocycles. The molecule has 1 spiro atoms. The fourth-order valence-corrected chi connectivity index (χ4v) is 3.68. The molecule has 26 heavy (non-hydrogen) atoms. The first-order valence-corrected chi connectivity index (χ1v) is 8.90. The van der Waals surface area contributed by atoms with Gasteiger partial charge in [-0.15, -0.1) is 0 Å². The van der Waals surface area contributed by atoms with Crippen LogP contribution in [0.1, 0.15) is 36.2 Å². The van der Waals surface area contributed by atoms with Crippen molar-refractivity contribution in [1.29, 1.82) is 0 Å². The number of hydrogen-bond donors (Lipinski definition) is 1. The highest BCUT2D eigenvalue weighted by atomic mass is 16.7. The predicted molar refractivity (Wildman–Crippen MR) is 98.6 cm³/mol. The normalized spacial score (nSPS) is 16.9. The Balaban J connectivity index is 1.37. The van der Waals surface area contributed by atoms with Gasteiger partial charge in [0, 0.05) is 30.0 Å². The molecule has 5 rings (SSSR count). The molecule has 5 heteroatoms. The molecule has 1 N–H and O–H groups in total. The minimum Gasteiger partial charge on any atom is -0.448 e. The molecule has 0 radical (unpaired) electrons. The molecule has 0 saturated heterocycles. The molecule has 2 heterocycles. The predicted octanol–water partition coefficient (Wildman–Crippen LogP) is 4.53. The number of aromatic nitrogens is 1. The Bertz CT molecular complexity index is 1010. The third-order valence-corrected chi connectivity index (χ3v) is 4.99. The van der Waals surface area contributed by atoms with E-state index in [-0.39, 0.29) is 5.91 Å². The maximum absolute atomic E-state index is 12.6. The summed E-state index contributed by atoms with van der Waals surface area (Å²) in [4.78, 5) is 17.0. The molecule has 2 aromatic carbocycles. The van der Waals surface area contributed by atoms with E-state index < -0.39 is 5.79 Å². The molecule has 0 atom stereocenters. The van der Waals surface area contributed by atoms with Crippen LogP contribution in [-0.4, -0.2) is 16.7 Å². The Morgan fingerprint density at radius 2 is 1.77 bits per heavy atom. The van der Waals surface area contributed by atoms with Crippen LogP contribution in [0.4, 0.5) is 5.69 Å². The summed E-state index contributed by atoms with van der Waals surface area (Å²) in [5.41, 5.74) is 1.85. The molecule has 0 unspecified atom stereocenters. The zero-order valence-electron chi connectivity index (χ0n) is 14.2. The summed E-state index contributed by atoms with van der Waals surface area (Å²) in [6.45, 7) is 0. The average molecular weight is 346 g/mol. The summed E-state index contributed by atoms with van der Waals surface area (Å²) in [7, 11) is 0. The zero-order valence-corrected chi connectivity index (χ0v) is 14.2. The van der Waals surface area contributed by atoms with Crippen molar-refractivity contribution < 1.29 is 14.3 Å². The quantitative estimate of drug-likeness (QED) is 0.741. The number of nitrogens with one attached hydrogen (secondary N) is 1. The first-order chi connectivity index (χ1) is 12.7. The second-order valence-corrected chi connectivity index (χ2v) is 6.83. The largest absolute Gasteiger partial charge is 0.448 e. The van der Waals surface area contributed by atoms with Gasteiger partial charge in [-0.25, -0.2) is 4.98 Å². The molecule has 1 amide bonds. The van der Waals surface area contributed by atoms with E-state index in [2.05, 4.69) is 10.3 Å². The van der Waals surface area contributed by atoms with Crippen molar-refractivity contribution in [3.8, 4) is 11.5 Å². The Hall–Kier alpha value is -3.08. The fourth-order valence-electron chi connectivity index (χ4n) is 3.68. The van der Waals surface area contributed by atoms with Gasteiger partial charge in [-0.2, -0.15) is 0 Å². The van der Waals surface area contributed by atoms with Crippen LogP contribution in [0.25, 0.3) is 10.9 Å². The van der Waals surface area contributed by atoms with E-state index >= 15 is 0 Å². The number of carbonyl (C=O) groups excluding carboxylic acids is 1. The van der Waals surface area contributed by atoms with Crippen molar-refractivity contribution >= 4 is 22.5 Å². The second-order valence-electron chi connectivity index (χ2n) is 6.83. The van der Waals surface area contributed by atoms with E-state index in [1.165, 1.54) is 0 Å². The van der Waals surface area contributed by atoms with E-state index in [4.69, 9.17) is 9.47 Å². The van der Waals surface area contributed by atoms with Gasteiger partial charge >= 0.3 is 0 Å². The van der Waals surface area contributed by atoms with Crippen LogP contribution in [0.15, 0.2) is 54.6 Å². The summed E-state index contributed by atoms with van der Waals surface area (Å²) in [6.07, 6.45) is 4.05. The topological polar surface area (TPSA) is 60.5 Å². The number of para-hydroxylation sites is 1. The number of hydrogen-bond acceptors (Lipinski definition) is 4. The molecule has 130 valence electrons. The molecular formula is C21H18N2O3. The van der Waals surface area contributed by atoms with Crippen molar-refractivity contribution in [3.05, 3.63) is 60.3 Å². The summed E-state index contributed by atoms with van der Waals surface area (Å²) in [6, 6.07) is 16.9. The third-order valence-electron chi connectivity index (χ3n) is 4.99. The van der Waals surface area contributed by atoms with Crippen molar-refractivity contribution in [1.82, 2.24) is 4.98 Å². The number of fused-ring (bicyclic) bond motifs is 2. The molecule has 2 aliphatic rings. The van der Waals surface area contributed by atoms with Gasteiger partial charge in [0.15, 0.2) is 11.5 Å². The highest BCUT2D eigenvalue weighted by Crippen LogP contribution is 2.47. The van der Waals surface area contributed by atoms with E-state index in [1.54, 1.807) is 6.07 Å². The van der Waals surface area contributed by atoms with Gasteiger partial charge in [0.25, 0.3) is 11.7 Å². The molecule has 5 nitrogen and oxygen atoms in total. The molecule has 3 aromatic rings. The van der Waals surface area contributed by atoms with Crippen LogP contribution >= 0.6 is 0 Å². The van der Waals surface area contributed by atoms with Crippen molar-refractivity contribution in [2.45, 2.75) is 31.5 Å². The highest BCUT2D eigenvalue weighted by molar-refractivity contribution is 6.04. The first-order valence-electron chi connectivity index (χ1n) is 8.90. The number of nitrogens with zero attached hydrogens (tertiary/aromatic N) is 1. The Morgan fingerprint density at radius 1 is 0.962 bits per heavy atom. The summed E-state index contributed by atoms with van der Waals surface area (Å²) >= 11 is 0. The Labute approximate surface area is 151 Å². The van der Waals surface area contributed by atoms with E-state index in [0.29, 0.717) is 17.1 Å². The molecule has 1 saturated carbocycles. The number of rotatable bonds is 2. The van der Waals surface area contributed by atoms with Crippen molar-refractivity contribution in [2.75, 3.05) is 5.32 Å². The lowest BCUT2D eigenvalue weighted by atomic mass is 10.2. The van der Waals surface area contributed by atoms with Crippen molar-refractivity contribution in [3.63, 3.8) is 0 Å². The van der Waals surface area contributed by atoms with Gasteiger partial charge < -0.3 is 14.8 Å². The van der Waals surface area contributed by atoms with Crippen LogP contribution in [0.2, 0.25) is 0 Å². The average Bonchev–Trinajstić information content (AvgIpc) is 3.27. The Kier molecular flexibility index (Phi) is 3.35. The van der Waals surface area contributed by atoms with Crippen molar-refractivity contribution in [2.24, 2.45) is 0 Å². The SMILES string of the molecule is O=C(Nc1ccc2c(c1)OC1(CCCC1)O2)c1ccc2ccccc2n1. The van der Waals surface area contributed by atoms with Crippen LogP contribution in [-0.2, 0) is 0 Å². The third kappa shape index (κ3) is 2.56. The zero-order chi connectivity index (χ0) is 17.6. The van der Waals surface area contributed by atoms with Gasteiger partial charge in [0.2, 0.25) is 0 Å².